The summed E-state index contributed by atoms with van der Waals surface area (Å²) in [6.45, 7) is 1.44. The summed E-state index contributed by atoms with van der Waals surface area (Å²) in [5, 5.41) is 2.94. The second-order valence-electron chi connectivity index (χ2n) is 6.68. The molecule has 1 aliphatic rings. The van der Waals surface area contributed by atoms with Gasteiger partial charge in [0.15, 0.2) is 0 Å². The SMILES string of the molecule is O=C(NCCCc1ccccc1)[C@H]1CC(=O)N(Cc2ccc(F)cc2)C1. The molecular weight excluding hydrogens is 331 g/mol. The van der Waals surface area contributed by atoms with Gasteiger partial charge in [0.2, 0.25) is 11.8 Å². The number of likely N-dealkylation sites (tertiary alicyclic amines) is 1. The standard InChI is InChI=1S/C21H23FN2O2/c22-19-10-8-17(9-11-19)14-24-15-18(13-20(24)25)21(26)23-12-4-7-16-5-2-1-3-6-16/h1-3,5-6,8-11,18H,4,7,12-15H2,(H,23,26)/t18-/m0/s1. The van der Waals surface area contributed by atoms with Crippen LogP contribution in [-0.4, -0.2) is 29.8 Å². The first-order valence-electron chi connectivity index (χ1n) is 8.95. The fraction of sp³-hybridized carbons (Fsp3) is 0.333. The van der Waals surface area contributed by atoms with Crippen LogP contribution < -0.4 is 5.32 Å². The van der Waals surface area contributed by atoms with E-state index in [1.807, 2.05) is 18.2 Å². The minimum atomic E-state index is -0.306. The third-order valence-corrected chi connectivity index (χ3v) is 4.66. The van der Waals surface area contributed by atoms with Gasteiger partial charge in [-0.3, -0.25) is 9.59 Å². The molecule has 1 N–H and O–H groups in total. The Morgan fingerprint density at radius 1 is 1.08 bits per heavy atom. The first-order valence-corrected chi connectivity index (χ1v) is 8.95. The van der Waals surface area contributed by atoms with Gasteiger partial charge in [-0.25, -0.2) is 4.39 Å². The van der Waals surface area contributed by atoms with Crippen molar-refractivity contribution < 1.29 is 14.0 Å². The number of carbonyl (C=O) groups excluding carboxylic acids is 2. The summed E-state index contributed by atoms with van der Waals surface area (Å²) in [7, 11) is 0. The maximum Gasteiger partial charge on any atom is 0.225 e. The molecule has 0 radical (unpaired) electrons. The Hall–Kier alpha value is -2.69. The van der Waals surface area contributed by atoms with Crippen molar-refractivity contribution in [1.29, 1.82) is 0 Å². The molecule has 1 atom stereocenters. The van der Waals surface area contributed by atoms with Crippen LogP contribution >= 0.6 is 0 Å². The van der Waals surface area contributed by atoms with E-state index in [9.17, 15) is 14.0 Å². The Labute approximate surface area is 153 Å². The largest absolute Gasteiger partial charge is 0.356 e. The summed E-state index contributed by atoms with van der Waals surface area (Å²) >= 11 is 0. The molecule has 1 heterocycles. The predicted molar refractivity (Wildman–Crippen MR) is 97.7 cm³/mol. The molecule has 136 valence electrons. The van der Waals surface area contributed by atoms with Crippen molar-refractivity contribution in [2.24, 2.45) is 5.92 Å². The molecule has 3 rings (SSSR count). The Morgan fingerprint density at radius 2 is 1.81 bits per heavy atom. The highest BCUT2D eigenvalue weighted by atomic mass is 19.1. The van der Waals surface area contributed by atoms with Crippen LogP contribution in [0.25, 0.3) is 0 Å². The molecule has 1 fully saturated rings. The average molecular weight is 354 g/mol. The molecule has 2 aromatic rings. The lowest BCUT2D eigenvalue weighted by Gasteiger charge is -2.16. The van der Waals surface area contributed by atoms with E-state index in [1.165, 1.54) is 17.7 Å². The topological polar surface area (TPSA) is 49.4 Å². The summed E-state index contributed by atoms with van der Waals surface area (Å²) in [5.41, 5.74) is 2.12. The van der Waals surface area contributed by atoms with Crippen LogP contribution in [0.5, 0.6) is 0 Å². The summed E-state index contributed by atoms with van der Waals surface area (Å²) < 4.78 is 13.0. The van der Waals surface area contributed by atoms with Crippen molar-refractivity contribution in [2.75, 3.05) is 13.1 Å². The number of nitrogens with one attached hydrogen (secondary N) is 1. The number of hydrogen-bond acceptors (Lipinski definition) is 2. The first-order chi connectivity index (χ1) is 12.6. The van der Waals surface area contributed by atoms with Crippen LogP contribution in [0.15, 0.2) is 54.6 Å². The maximum atomic E-state index is 13.0. The molecule has 1 saturated heterocycles. The normalized spacial score (nSPS) is 16.7. The number of hydrogen-bond donors (Lipinski definition) is 1. The van der Waals surface area contributed by atoms with E-state index in [2.05, 4.69) is 17.4 Å². The zero-order valence-corrected chi connectivity index (χ0v) is 14.7. The highest BCUT2D eigenvalue weighted by molar-refractivity contribution is 5.89. The monoisotopic (exact) mass is 354 g/mol. The Kier molecular flexibility index (Phi) is 6.00. The van der Waals surface area contributed by atoms with Gasteiger partial charge >= 0.3 is 0 Å². The second kappa shape index (κ2) is 8.61. The molecule has 5 heteroatoms. The fourth-order valence-electron chi connectivity index (χ4n) is 3.20. The third kappa shape index (κ3) is 4.91. The molecule has 1 aliphatic heterocycles. The van der Waals surface area contributed by atoms with Gasteiger partial charge in [-0.05, 0) is 36.1 Å². The van der Waals surface area contributed by atoms with Gasteiger partial charge in [0.05, 0.1) is 5.92 Å². The van der Waals surface area contributed by atoms with E-state index in [0.717, 1.165) is 18.4 Å². The summed E-state index contributed by atoms with van der Waals surface area (Å²) in [5.74, 6) is -0.694. The molecule has 0 aromatic heterocycles. The fourth-order valence-corrected chi connectivity index (χ4v) is 3.20. The molecular formula is C21H23FN2O2. The first kappa shape index (κ1) is 18.1. The van der Waals surface area contributed by atoms with Crippen molar-refractivity contribution in [3.05, 3.63) is 71.5 Å². The van der Waals surface area contributed by atoms with Crippen LogP contribution in [0.4, 0.5) is 4.39 Å². The molecule has 0 aliphatic carbocycles. The summed E-state index contributed by atoms with van der Waals surface area (Å²) in [6, 6.07) is 16.2. The predicted octanol–water partition coefficient (Wildman–Crippen LogP) is 2.92. The summed E-state index contributed by atoms with van der Waals surface area (Å²) in [6.07, 6.45) is 2.03. The number of rotatable bonds is 7. The molecule has 0 bridgehead atoms. The Balaban J connectivity index is 1.42. The molecule has 26 heavy (non-hydrogen) atoms. The third-order valence-electron chi connectivity index (χ3n) is 4.66. The molecule has 0 saturated carbocycles. The quantitative estimate of drug-likeness (QED) is 0.777. The zero-order chi connectivity index (χ0) is 18.4. The number of aryl methyl sites for hydroxylation is 1. The van der Waals surface area contributed by atoms with Crippen LogP contribution in [0, 0.1) is 11.7 Å². The van der Waals surface area contributed by atoms with Crippen molar-refractivity contribution in [3.63, 3.8) is 0 Å². The van der Waals surface area contributed by atoms with Crippen molar-refractivity contribution in [2.45, 2.75) is 25.8 Å². The van der Waals surface area contributed by atoms with Gasteiger partial charge in [0, 0.05) is 26.1 Å². The molecule has 4 nitrogen and oxygen atoms in total. The smallest absolute Gasteiger partial charge is 0.225 e. The van der Waals surface area contributed by atoms with Crippen molar-refractivity contribution >= 4 is 11.8 Å². The second-order valence-corrected chi connectivity index (χ2v) is 6.68. The number of benzene rings is 2. The van der Waals surface area contributed by atoms with Crippen LogP contribution in [0.1, 0.15) is 24.0 Å². The Morgan fingerprint density at radius 3 is 2.54 bits per heavy atom. The van der Waals surface area contributed by atoms with E-state index in [-0.39, 0.29) is 30.0 Å². The average Bonchev–Trinajstić information content (AvgIpc) is 3.02. The molecule has 0 unspecified atom stereocenters. The molecule has 2 amide bonds. The van der Waals surface area contributed by atoms with Crippen molar-refractivity contribution in [3.8, 4) is 0 Å². The maximum absolute atomic E-state index is 13.0. The number of amides is 2. The minimum absolute atomic E-state index is 0.0289. The van der Waals surface area contributed by atoms with Gasteiger partial charge in [-0.2, -0.15) is 0 Å². The van der Waals surface area contributed by atoms with E-state index in [4.69, 9.17) is 0 Å². The van der Waals surface area contributed by atoms with Gasteiger partial charge in [-0.15, -0.1) is 0 Å². The van der Waals surface area contributed by atoms with Crippen LogP contribution in [-0.2, 0) is 22.6 Å². The van der Waals surface area contributed by atoms with Gasteiger partial charge in [0.25, 0.3) is 0 Å². The number of nitrogens with zero attached hydrogens (tertiary/aromatic N) is 1. The summed E-state index contributed by atoms with van der Waals surface area (Å²) in [4.78, 5) is 26.1. The lowest BCUT2D eigenvalue weighted by Crippen LogP contribution is -2.33. The van der Waals surface area contributed by atoms with E-state index in [0.29, 0.717) is 19.6 Å². The zero-order valence-electron chi connectivity index (χ0n) is 14.7. The van der Waals surface area contributed by atoms with E-state index < -0.39 is 0 Å². The highest BCUT2D eigenvalue weighted by Crippen LogP contribution is 2.20. The minimum Gasteiger partial charge on any atom is -0.356 e. The lowest BCUT2D eigenvalue weighted by molar-refractivity contribution is -0.129. The number of carbonyl (C=O) groups is 2. The molecule has 2 aromatic carbocycles. The van der Waals surface area contributed by atoms with Gasteiger partial charge in [-0.1, -0.05) is 42.5 Å². The van der Waals surface area contributed by atoms with E-state index in [1.54, 1.807) is 17.0 Å². The molecule has 0 spiro atoms. The van der Waals surface area contributed by atoms with Crippen molar-refractivity contribution in [1.82, 2.24) is 10.2 Å². The van der Waals surface area contributed by atoms with E-state index >= 15 is 0 Å². The highest BCUT2D eigenvalue weighted by Gasteiger charge is 2.33. The van der Waals surface area contributed by atoms with Crippen LogP contribution in [0.3, 0.4) is 0 Å². The number of halogens is 1. The lowest BCUT2D eigenvalue weighted by atomic mass is 10.1. The Bertz CT molecular complexity index is 746. The van der Waals surface area contributed by atoms with Crippen LogP contribution in [0.2, 0.25) is 0 Å². The van der Waals surface area contributed by atoms with Gasteiger partial charge in [0.1, 0.15) is 5.82 Å². The van der Waals surface area contributed by atoms with Gasteiger partial charge < -0.3 is 10.2 Å².